The second-order valence-electron chi connectivity index (χ2n) is 12.5. The summed E-state index contributed by atoms with van der Waals surface area (Å²) in [6.07, 6.45) is 0. The van der Waals surface area contributed by atoms with Crippen molar-refractivity contribution in [2.75, 3.05) is 4.90 Å². The van der Waals surface area contributed by atoms with Crippen molar-refractivity contribution in [3.8, 4) is 44.5 Å². The highest BCUT2D eigenvalue weighted by molar-refractivity contribution is 6.13. The third-order valence-electron chi connectivity index (χ3n) is 9.48. The predicted molar refractivity (Wildman–Crippen MR) is 210 cm³/mol. The first kappa shape index (κ1) is 29.5. The van der Waals surface area contributed by atoms with Gasteiger partial charge in [-0.15, -0.1) is 0 Å². The molecule has 1 aromatic heterocycles. The Kier molecular flexibility index (Phi) is 7.53. The van der Waals surface area contributed by atoms with E-state index in [1.165, 1.54) is 38.9 Å². The van der Waals surface area contributed by atoms with Crippen LogP contribution in [0, 0.1) is 0 Å². The minimum absolute atomic E-state index is 0.871. The second-order valence-corrected chi connectivity index (χ2v) is 12.5. The number of rotatable bonds is 7. The maximum absolute atomic E-state index is 6.35. The normalized spacial score (nSPS) is 11.2. The summed E-state index contributed by atoms with van der Waals surface area (Å²) in [4.78, 5) is 2.35. The highest BCUT2D eigenvalue weighted by Gasteiger charge is 2.21. The molecule has 0 aliphatic rings. The molecular weight excluding hydrogens is 607 g/mol. The molecule has 0 spiro atoms. The van der Waals surface area contributed by atoms with Gasteiger partial charge >= 0.3 is 0 Å². The molecular formula is C48H33NO. The van der Waals surface area contributed by atoms with Gasteiger partial charge in [0.25, 0.3) is 0 Å². The lowest BCUT2D eigenvalue weighted by molar-refractivity contribution is 0.669. The third-order valence-corrected chi connectivity index (χ3v) is 9.48. The molecule has 8 aromatic carbocycles. The van der Waals surface area contributed by atoms with E-state index in [9.17, 15) is 0 Å². The van der Waals surface area contributed by atoms with Crippen LogP contribution in [0.1, 0.15) is 0 Å². The van der Waals surface area contributed by atoms with Gasteiger partial charge in [-0.1, -0.05) is 158 Å². The number of hydrogen-bond donors (Lipinski definition) is 0. The van der Waals surface area contributed by atoms with Crippen LogP contribution in [0.2, 0.25) is 0 Å². The molecule has 0 unspecified atom stereocenters. The van der Waals surface area contributed by atoms with Crippen LogP contribution in [0.5, 0.6) is 0 Å². The number of hydrogen-bond acceptors (Lipinski definition) is 2. The van der Waals surface area contributed by atoms with Gasteiger partial charge in [-0.05, 0) is 87.0 Å². The molecule has 2 nitrogen and oxygen atoms in total. The second kappa shape index (κ2) is 12.8. The average molecular weight is 640 g/mol. The van der Waals surface area contributed by atoms with Crippen LogP contribution in [0.3, 0.4) is 0 Å². The van der Waals surface area contributed by atoms with Crippen LogP contribution in [-0.2, 0) is 0 Å². The first-order valence-electron chi connectivity index (χ1n) is 17.0. The van der Waals surface area contributed by atoms with Crippen LogP contribution < -0.4 is 4.90 Å². The van der Waals surface area contributed by atoms with E-state index in [0.717, 1.165) is 44.6 Å². The molecule has 0 fully saturated rings. The quantitative estimate of drug-likeness (QED) is 0.173. The standard InChI is InChI=1S/C48H33NO/c1-4-17-34(18-5-1)39-25-10-11-26-42(39)47-40(35-19-6-2-7-20-35)28-15-29-41(47)36-21-14-24-38(33-36)49(37-22-8-3-9-23-37)44-30-16-32-46-48(44)43-27-12-13-31-45(43)50-46/h1-33H. The monoisotopic (exact) mass is 639 g/mol. The highest BCUT2D eigenvalue weighted by atomic mass is 16.3. The van der Waals surface area contributed by atoms with E-state index in [2.05, 4.69) is 193 Å². The zero-order valence-corrected chi connectivity index (χ0v) is 27.4. The lowest BCUT2D eigenvalue weighted by atomic mass is 9.84. The number of anilines is 3. The van der Waals surface area contributed by atoms with Crippen molar-refractivity contribution >= 4 is 39.0 Å². The summed E-state index contributed by atoms with van der Waals surface area (Å²) in [5.41, 5.74) is 14.5. The molecule has 0 atom stereocenters. The van der Waals surface area contributed by atoms with E-state index in [1.807, 2.05) is 12.1 Å². The molecule has 1 heterocycles. The van der Waals surface area contributed by atoms with Gasteiger partial charge in [0.2, 0.25) is 0 Å². The summed E-state index contributed by atoms with van der Waals surface area (Å²) in [6.45, 7) is 0. The van der Waals surface area contributed by atoms with E-state index in [4.69, 9.17) is 4.42 Å². The number of para-hydroxylation sites is 2. The summed E-state index contributed by atoms with van der Waals surface area (Å²) >= 11 is 0. The van der Waals surface area contributed by atoms with E-state index in [0.29, 0.717) is 0 Å². The van der Waals surface area contributed by atoms with Crippen molar-refractivity contribution in [3.05, 3.63) is 200 Å². The fourth-order valence-corrected chi connectivity index (χ4v) is 7.27. The molecule has 9 aromatic rings. The van der Waals surface area contributed by atoms with Crippen molar-refractivity contribution in [2.45, 2.75) is 0 Å². The van der Waals surface area contributed by atoms with Gasteiger partial charge in [0.15, 0.2) is 0 Å². The Bertz CT molecular complexity index is 2590. The fourth-order valence-electron chi connectivity index (χ4n) is 7.27. The first-order chi connectivity index (χ1) is 24.8. The van der Waals surface area contributed by atoms with Crippen LogP contribution in [0.4, 0.5) is 17.1 Å². The predicted octanol–water partition coefficient (Wildman–Crippen LogP) is 13.7. The molecule has 50 heavy (non-hydrogen) atoms. The number of nitrogens with zero attached hydrogens (tertiary/aromatic N) is 1. The minimum Gasteiger partial charge on any atom is -0.456 e. The van der Waals surface area contributed by atoms with Crippen molar-refractivity contribution < 1.29 is 4.42 Å². The zero-order chi connectivity index (χ0) is 33.3. The van der Waals surface area contributed by atoms with Crippen molar-refractivity contribution in [1.82, 2.24) is 0 Å². The molecule has 0 aliphatic carbocycles. The average Bonchev–Trinajstić information content (AvgIpc) is 3.59. The molecule has 236 valence electrons. The molecule has 0 amide bonds. The Morgan fingerprint density at radius 2 is 0.840 bits per heavy atom. The van der Waals surface area contributed by atoms with Gasteiger partial charge in [0.1, 0.15) is 11.2 Å². The molecule has 0 radical (unpaired) electrons. The minimum atomic E-state index is 0.871. The third kappa shape index (κ3) is 5.24. The molecule has 0 saturated heterocycles. The van der Waals surface area contributed by atoms with Crippen LogP contribution in [0.25, 0.3) is 66.4 Å². The van der Waals surface area contributed by atoms with E-state index in [1.54, 1.807) is 0 Å². The number of fused-ring (bicyclic) bond motifs is 3. The van der Waals surface area contributed by atoms with E-state index in [-0.39, 0.29) is 0 Å². The van der Waals surface area contributed by atoms with Gasteiger partial charge in [-0.2, -0.15) is 0 Å². The summed E-state index contributed by atoms with van der Waals surface area (Å²) in [5, 5.41) is 2.20. The molecule has 0 bridgehead atoms. The van der Waals surface area contributed by atoms with Gasteiger partial charge in [0.05, 0.1) is 11.1 Å². The number of furan rings is 1. The van der Waals surface area contributed by atoms with Gasteiger partial charge in [0, 0.05) is 16.8 Å². The summed E-state index contributed by atoms with van der Waals surface area (Å²) in [7, 11) is 0. The van der Waals surface area contributed by atoms with Crippen molar-refractivity contribution in [2.24, 2.45) is 0 Å². The van der Waals surface area contributed by atoms with E-state index >= 15 is 0 Å². The SMILES string of the molecule is c1ccc(-c2ccccc2-c2c(-c3ccccc3)cccc2-c2cccc(N(c3ccccc3)c3cccc4oc5ccccc5c34)c2)cc1. The molecule has 9 rings (SSSR count). The Morgan fingerprint density at radius 3 is 1.60 bits per heavy atom. The fraction of sp³-hybridized carbons (Fsp3) is 0. The summed E-state index contributed by atoms with van der Waals surface area (Å²) < 4.78 is 6.35. The topological polar surface area (TPSA) is 16.4 Å². The lowest BCUT2D eigenvalue weighted by Crippen LogP contribution is -2.10. The van der Waals surface area contributed by atoms with Crippen molar-refractivity contribution in [1.29, 1.82) is 0 Å². The number of benzene rings is 8. The van der Waals surface area contributed by atoms with Gasteiger partial charge in [-0.3, -0.25) is 0 Å². The summed E-state index contributed by atoms with van der Waals surface area (Å²) in [6, 6.07) is 71.1. The maximum Gasteiger partial charge on any atom is 0.137 e. The smallest absolute Gasteiger partial charge is 0.137 e. The first-order valence-corrected chi connectivity index (χ1v) is 17.0. The van der Waals surface area contributed by atoms with Crippen LogP contribution in [0.15, 0.2) is 205 Å². The van der Waals surface area contributed by atoms with Gasteiger partial charge in [-0.25, -0.2) is 0 Å². The Balaban J connectivity index is 1.29. The Morgan fingerprint density at radius 1 is 0.340 bits per heavy atom. The van der Waals surface area contributed by atoms with Gasteiger partial charge < -0.3 is 9.32 Å². The summed E-state index contributed by atoms with van der Waals surface area (Å²) in [5.74, 6) is 0. The van der Waals surface area contributed by atoms with Crippen LogP contribution in [-0.4, -0.2) is 0 Å². The Labute approximate surface area is 292 Å². The van der Waals surface area contributed by atoms with Crippen molar-refractivity contribution in [3.63, 3.8) is 0 Å². The zero-order valence-electron chi connectivity index (χ0n) is 27.4. The maximum atomic E-state index is 6.35. The largest absolute Gasteiger partial charge is 0.456 e. The highest BCUT2D eigenvalue weighted by Crippen LogP contribution is 2.47. The molecule has 2 heteroatoms. The Hall–Kier alpha value is -6.64. The van der Waals surface area contributed by atoms with Crippen LogP contribution >= 0.6 is 0 Å². The van der Waals surface area contributed by atoms with E-state index < -0.39 is 0 Å². The molecule has 0 aliphatic heterocycles. The molecule has 0 N–H and O–H groups in total. The molecule has 0 saturated carbocycles. The lowest BCUT2D eigenvalue weighted by Gasteiger charge is -2.27.